The Morgan fingerprint density at radius 2 is 1.77 bits per heavy atom. The molecule has 2 nitrogen and oxygen atoms in total. The van der Waals surface area contributed by atoms with Gasteiger partial charge in [0.2, 0.25) is 0 Å². The van der Waals surface area contributed by atoms with Crippen molar-refractivity contribution in [1.29, 1.82) is 0 Å². The van der Waals surface area contributed by atoms with E-state index < -0.39 is 0 Å². The van der Waals surface area contributed by atoms with Crippen LogP contribution in [0.2, 0.25) is 0 Å². The number of ketones is 1. The van der Waals surface area contributed by atoms with Crippen molar-refractivity contribution in [1.82, 2.24) is 0 Å². The molecule has 0 amide bonds. The van der Waals surface area contributed by atoms with Crippen molar-refractivity contribution in [3.8, 4) is 0 Å². The van der Waals surface area contributed by atoms with E-state index in [0.717, 1.165) is 6.42 Å². The van der Waals surface area contributed by atoms with Gasteiger partial charge in [0.1, 0.15) is 5.78 Å². The minimum atomic E-state index is 0.154. The van der Waals surface area contributed by atoms with Crippen LogP contribution in [-0.4, -0.2) is 12.3 Å². The van der Waals surface area contributed by atoms with E-state index in [1.165, 1.54) is 0 Å². The van der Waals surface area contributed by atoms with Gasteiger partial charge in [-0.3, -0.25) is 4.79 Å². The van der Waals surface area contributed by atoms with Crippen LogP contribution in [0.5, 0.6) is 0 Å². The number of rotatable bonds is 6. The lowest BCUT2D eigenvalue weighted by Gasteiger charge is -2.17. The molecule has 0 rings (SSSR count). The minimum Gasteiger partial charge on any atom is -0.330 e. The van der Waals surface area contributed by atoms with E-state index in [1.54, 1.807) is 0 Å². The summed E-state index contributed by atoms with van der Waals surface area (Å²) in [5, 5.41) is 0. The Bertz CT molecular complexity index is 152. The van der Waals surface area contributed by atoms with Crippen LogP contribution in [0.1, 0.15) is 40.5 Å². The summed E-state index contributed by atoms with van der Waals surface area (Å²) in [6.45, 7) is 8.87. The second-order valence-electron chi connectivity index (χ2n) is 4.56. The molecule has 0 aromatic rings. The van der Waals surface area contributed by atoms with Crippen LogP contribution in [0.25, 0.3) is 0 Å². The van der Waals surface area contributed by atoms with Gasteiger partial charge in [-0.2, -0.15) is 0 Å². The molecule has 0 radical (unpaired) electrons. The second-order valence-corrected chi connectivity index (χ2v) is 4.56. The summed E-state index contributed by atoms with van der Waals surface area (Å²) in [4.78, 5) is 11.4. The monoisotopic (exact) mass is 185 g/mol. The standard InChI is InChI=1S/C11H23NO/c1-8(2)5-10(7-12)6-11(13)9(3)4/h8-10H,5-7,12H2,1-4H3/t10-/m1/s1. The second kappa shape index (κ2) is 6.14. The van der Waals surface area contributed by atoms with Crippen LogP contribution in [-0.2, 0) is 4.79 Å². The Balaban J connectivity index is 3.90. The van der Waals surface area contributed by atoms with Gasteiger partial charge in [-0.1, -0.05) is 27.7 Å². The Kier molecular flexibility index (Phi) is 5.97. The van der Waals surface area contributed by atoms with Crippen molar-refractivity contribution >= 4 is 5.78 Å². The van der Waals surface area contributed by atoms with Crippen molar-refractivity contribution in [3.63, 3.8) is 0 Å². The predicted octanol–water partition coefficient (Wildman–Crippen LogP) is 2.22. The summed E-state index contributed by atoms with van der Waals surface area (Å²) in [5.74, 6) is 1.51. The molecule has 0 aliphatic carbocycles. The Labute approximate surface area is 81.9 Å². The van der Waals surface area contributed by atoms with E-state index in [4.69, 9.17) is 5.73 Å². The molecule has 0 spiro atoms. The number of nitrogens with two attached hydrogens (primary N) is 1. The molecule has 2 N–H and O–H groups in total. The molecule has 78 valence electrons. The van der Waals surface area contributed by atoms with Gasteiger partial charge in [0.25, 0.3) is 0 Å². The Hall–Kier alpha value is -0.370. The molecule has 0 aromatic heterocycles. The quantitative estimate of drug-likeness (QED) is 0.689. The number of carbonyl (C=O) groups is 1. The first kappa shape index (κ1) is 12.6. The molecular weight excluding hydrogens is 162 g/mol. The highest BCUT2D eigenvalue weighted by atomic mass is 16.1. The first-order chi connectivity index (χ1) is 5.97. The van der Waals surface area contributed by atoms with Crippen molar-refractivity contribution in [2.75, 3.05) is 6.54 Å². The van der Waals surface area contributed by atoms with Gasteiger partial charge in [-0.25, -0.2) is 0 Å². The van der Waals surface area contributed by atoms with E-state index in [1.807, 2.05) is 13.8 Å². The van der Waals surface area contributed by atoms with Crippen molar-refractivity contribution in [3.05, 3.63) is 0 Å². The molecule has 0 saturated heterocycles. The van der Waals surface area contributed by atoms with Crippen molar-refractivity contribution in [2.45, 2.75) is 40.5 Å². The fraction of sp³-hybridized carbons (Fsp3) is 0.909. The van der Waals surface area contributed by atoms with Crippen molar-refractivity contribution in [2.24, 2.45) is 23.5 Å². The fourth-order valence-corrected chi connectivity index (χ4v) is 1.45. The lowest BCUT2D eigenvalue weighted by Crippen LogP contribution is -2.22. The van der Waals surface area contributed by atoms with E-state index in [2.05, 4.69) is 13.8 Å². The van der Waals surface area contributed by atoms with Crippen molar-refractivity contribution < 1.29 is 4.79 Å². The van der Waals surface area contributed by atoms with Crippen LogP contribution in [0, 0.1) is 17.8 Å². The van der Waals surface area contributed by atoms with Gasteiger partial charge in [0.05, 0.1) is 0 Å². The molecule has 0 saturated carbocycles. The summed E-state index contributed by atoms with van der Waals surface area (Å²) in [6.07, 6.45) is 1.72. The molecule has 0 heterocycles. The molecule has 0 unspecified atom stereocenters. The molecule has 0 fully saturated rings. The van der Waals surface area contributed by atoms with Gasteiger partial charge in [0.15, 0.2) is 0 Å². The third kappa shape index (κ3) is 5.81. The molecule has 0 bridgehead atoms. The summed E-state index contributed by atoms with van der Waals surface area (Å²) in [7, 11) is 0. The zero-order valence-electron chi connectivity index (χ0n) is 9.34. The maximum Gasteiger partial charge on any atom is 0.135 e. The number of hydrogen-bond donors (Lipinski definition) is 1. The van der Waals surface area contributed by atoms with Crippen LogP contribution < -0.4 is 5.73 Å². The maximum absolute atomic E-state index is 11.4. The first-order valence-corrected chi connectivity index (χ1v) is 5.20. The third-order valence-corrected chi connectivity index (χ3v) is 2.27. The topological polar surface area (TPSA) is 43.1 Å². The lowest BCUT2D eigenvalue weighted by molar-refractivity contribution is -0.122. The normalized spacial score (nSPS) is 13.8. The maximum atomic E-state index is 11.4. The highest BCUT2D eigenvalue weighted by Gasteiger charge is 2.15. The highest BCUT2D eigenvalue weighted by molar-refractivity contribution is 5.80. The minimum absolute atomic E-state index is 0.154. The summed E-state index contributed by atoms with van der Waals surface area (Å²) < 4.78 is 0. The number of Topliss-reactive ketones (excluding diaryl/α,β-unsaturated/α-hetero) is 1. The predicted molar refractivity (Wildman–Crippen MR) is 56.5 cm³/mol. The number of hydrogen-bond acceptors (Lipinski definition) is 2. The first-order valence-electron chi connectivity index (χ1n) is 5.20. The summed E-state index contributed by atoms with van der Waals surface area (Å²) in [6, 6.07) is 0. The molecule has 0 aliphatic rings. The molecule has 13 heavy (non-hydrogen) atoms. The average molecular weight is 185 g/mol. The fourth-order valence-electron chi connectivity index (χ4n) is 1.45. The van der Waals surface area contributed by atoms with Gasteiger partial charge >= 0.3 is 0 Å². The molecule has 0 aromatic carbocycles. The smallest absolute Gasteiger partial charge is 0.135 e. The summed E-state index contributed by atoms with van der Waals surface area (Å²) >= 11 is 0. The van der Waals surface area contributed by atoms with E-state index in [0.29, 0.717) is 30.6 Å². The van der Waals surface area contributed by atoms with E-state index >= 15 is 0 Å². The van der Waals surface area contributed by atoms with Crippen LogP contribution in [0.4, 0.5) is 0 Å². The molecule has 1 atom stereocenters. The lowest BCUT2D eigenvalue weighted by atomic mass is 9.90. The summed E-state index contributed by atoms with van der Waals surface area (Å²) in [5.41, 5.74) is 5.62. The van der Waals surface area contributed by atoms with E-state index in [9.17, 15) is 4.79 Å². The zero-order chi connectivity index (χ0) is 10.4. The van der Waals surface area contributed by atoms with Gasteiger partial charge < -0.3 is 5.73 Å². The van der Waals surface area contributed by atoms with Crippen LogP contribution in [0.3, 0.4) is 0 Å². The number of carbonyl (C=O) groups excluding carboxylic acids is 1. The molecule has 0 aliphatic heterocycles. The highest BCUT2D eigenvalue weighted by Crippen LogP contribution is 2.16. The third-order valence-electron chi connectivity index (χ3n) is 2.27. The zero-order valence-corrected chi connectivity index (χ0v) is 9.34. The van der Waals surface area contributed by atoms with Gasteiger partial charge in [-0.15, -0.1) is 0 Å². The Morgan fingerprint density at radius 1 is 1.23 bits per heavy atom. The molecular formula is C11H23NO. The SMILES string of the molecule is CC(C)C[C@@H](CN)CC(=O)C(C)C. The van der Waals surface area contributed by atoms with Gasteiger partial charge in [-0.05, 0) is 24.8 Å². The largest absolute Gasteiger partial charge is 0.330 e. The van der Waals surface area contributed by atoms with E-state index in [-0.39, 0.29) is 5.92 Å². The van der Waals surface area contributed by atoms with Crippen LogP contribution >= 0.6 is 0 Å². The Morgan fingerprint density at radius 3 is 2.08 bits per heavy atom. The van der Waals surface area contributed by atoms with Gasteiger partial charge in [0, 0.05) is 12.3 Å². The average Bonchev–Trinajstić information content (AvgIpc) is 2.02. The van der Waals surface area contributed by atoms with Crippen LogP contribution in [0.15, 0.2) is 0 Å². The molecule has 2 heteroatoms.